The highest BCUT2D eigenvalue weighted by molar-refractivity contribution is 6.50. The molecule has 3 saturated carbocycles. The molecule has 3 aliphatic rings. The van der Waals surface area contributed by atoms with Gasteiger partial charge in [0, 0.05) is 0 Å². The molecule has 0 heterocycles. The van der Waals surface area contributed by atoms with Gasteiger partial charge in [-0.1, -0.05) is 32.6 Å². The van der Waals surface area contributed by atoms with Crippen molar-refractivity contribution in [2.24, 2.45) is 35.5 Å². The van der Waals surface area contributed by atoms with E-state index in [2.05, 4.69) is 13.5 Å². The van der Waals surface area contributed by atoms with Gasteiger partial charge in [-0.05, 0) is 66.7 Å². The first kappa shape index (κ1) is 14.7. The van der Waals surface area contributed by atoms with Crippen molar-refractivity contribution < 1.29 is 10.0 Å². The molecule has 6 atom stereocenters. The third-order valence-corrected chi connectivity index (χ3v) is 6.76. The fourth-order valence-corrected chi connectivity index (χ4v) is 6.11. The summed E-state index contributed by atoms with van der Waals surface area (Å²) < 4.78 is 0. The van der Waals surface area contributed by atoms with E-state index >= 15 is 0 Å². The Morgan fingerprint density at radius 2 is 1.65 bits per heavy atom. The molecule has 0 aromatic carbocycles. The van der Waals surface area contributed by atoms with Gasteiger partial charge < -0.3 is 10.0 Å². The second-order valence-electron chi connectivity index (χ2n) is 7.41. The summed E-state index contributed by atoms with van der Waals surface area (Å²) >= 11 is 0. The summed E-state index contributed by atoms with van der Waals surface area (Å²) in [5.41, 5.74) is 0.691. The fourth-order valence-electron chi connectivity index (χ4n) is 6.11. The molecule has 0 bridgehead atoms. The van der Waals surface area contributed by atoms with Gasteiger partial charge in [0.2, 0.25) is 0 Å². The largest absolute Gasteiger partial charge is 0.483 e. The Labute approximate surface area is 123 Å². The molecule has 3 aliphatic carbocycles. The zero-order chi connectivity index (χ0) is 14.3. The molecule has 0 saturated heterocycles. The highest BCUT2D eigenvalue weighted by Gasteiger charge is 2.54. The van der Waals surface area contributed by atoms with Crippen molar-refractivity contribution in [3.8, 4) is 0 Å². The number of fused-ring (bicyclic) bond motifs is 3. The van der Waals surface area contributed by atoms with Crippen molar-refractivity contribution in [3.63, 3.8) is 0 Å². The van der Waals surface area contributed by atoms with Crippen LogP contribution >= 0.6 is 0 Å². The Bertz CT molecular complexity index is 354. The van der Waals surface area contributed by atoms with Crippen molar-refractivity contribution in [1.29, 1.82) is 0 Å². The smallest absolute Gasteiger partial charge is 0.423 e. The van der Waals surface area contributed by atoms with E-state index in [-0.39, 0.29) is 0 Å². The van der Waals surface area contributed by atoms with Crippen LogP contribution in [0.5, 0.6) is 0 Å². The van der Waals surface area contributed by atoms with E-state index in [0.29, 0.717) is 17.3 Å². The molecule has 0 amide bonds. The van der Waals surface area contributed by atoms with Crippen LogP contribution in [0, 0.1) is 35.5 Å². The average Bonchev–Trinajstić information content (AvgIpc) is 2.80. The molecule has 0 radical (unpaired) electrons. The molecular weight excluding hydrogens is 247 g/mol. The Balaban J connectivity index is 1.88. The molecule has 0 aliphatic heterocycles. The average molecular weight is 276 g/mol. The van der Waals surface area contributed by atoms with Crippen molar-refractivity contribution in [1.82, 2.24) is 0 Å². The Kier molecular flexibility index (Phi) is 4.28. The minimum Gasteiger partial charge on any atom is -0.423 e. The van der Waals surface area contributed by atoms with Gasteiger partial charge >= 0.3 is 7.12 Å². The monoisotopic (exact) mass is 276 g/mol. The first-order valence-corrected chi connectivity index (χ1v) is 8.70. The van der Waals surface area contributed by atoms with Crippen LogP contribution in [0.2, 0.25) is 0 Å². The van der Waals surface area contributed by atoms with Crippen molar-refractivity contribution in [2.75, 3.05) is 0 Å². The molecule has 112 valence electrons. The third kappa shape index (κ3) is 2.27. The lowest BCUT2D eigenvalue weighted by atomic mass is 9.59. The molecule has 0 aromatic heterocycles. The van der Waals surface area contributed by atoms with Crippen LogP contribution < -0.4 is 0 Å². The van der Waals surface area contributed by atoms with E-state index in [9.17, 15) is 10.0 Å². The minimum atomic E-state index is -1.32. The van der Waals surface area contributed by atoms with Gasteiger partial charge in [-0.15, -0.1) is 6.58 Å². The highest BCUT2D eigenvalue weighted by atomic mass is 16.4. The summed E-state index contributed by atoms with van der Waals surface area (Å²) in [4.78, 5) is 0. The van der Waals surface area contributed by atoms with Gasteiger partial charge in [-0.3, -0.25) is 0 Å². The molecule has 20 heavy (non-hydrogen) atoms. The van der Waals surface area contributed by atoms with E-state index in [4.69, 9.17) is 0 Å². The van der Waals surface area contributed by atoms with Gasteiger partial charge in [0.25, 0.3) is 0 Å². The zero-order valence-corrected chi connectivity index (χ0v) is 12.8. The van der Waals surface area contributed by atoms with Crippen LogP contribution in [-0.2, 0) is 0 Å². The highest BCUT2D eigenvalue weighted by Crippen LogP contribution is 2.60. The van der Waals surface area contributed by atoms with Gasteiger partial charge in [-0.2, -0.15) is 0 Å². The fraction of sp³-hybridized carbons (Fsp3) is 0.882. The summed E-state index contributed by atoms with van der Waals surface area (Å²) in [7, 11) is -1.32. The van der Waals surface area contributed by atoms with Crippen molar-refractivity contribution >= 4 is 7.12 Å². The lowest BCUT2D eigenvalue weighted by molar-refractivity contribution is 0.144. The Morgan fingerprint density at radius 3 is 2.30 bits per heavy atom. The lowest BCUT2D eigenvalue weighted by Gasteiger charge is -2.39. The molecule has 3 fully saturated rings. The summed E-state index contributed by atoms with van der Waals surface area (Å²) in [5.74, 6) is 4.49. The molecule has 2 nitrogen and oxygen atoms in total. The SMILES string of the molecule is C=C(B(O)O)C1CCCC2C3CCCCC3C(CC)C12. The molecular formula is C17H29BO2. The summed E-state index contributed by atoms with van der Waals surface area (Å²) in [6, 6.07) is 0. The molecule has 0 aromatic rings. The van der Waals surface area contributed by atoms with Crippen LogP contribution in [0.1, 0.15) is 58.3 Å². The number of hydrogen-bond acceptors (Lipinski definition) is 2. The van der Waals surface area contributed by atoms with Crippen LogP contribution in [0.15, 0.2) is 12.1 Å². The molecule has 2 N–H and O–H groups in total. The standard InChI is InChI=1S/C17H29BO2/c1-3-12-14-7-4-5-8-15(14)16-10-6-9-13(17(12)16)11(2)18(19)20/h12-17,19-20H,2-10H2,1H3. The molecule has 3 rings (SSSR count). The first-order chi connectivity index (χ1) is 9.65. The number of rotatable bonds is 3. The minimum absolute atomic E-state index is 0.351. The molecule has 3 heteroatoms. The summed E-state index contributed by atoms with van der Waals surface area (Å²) in [6.07, 6.45) is 10.6. The maximum absolute atomic E-state index is 9.57. The zero-order valence-electron chi connectivity index (χ0n) is 12.8. The van der Waals surface area contributed by atoms with Crippen LogP contribution in [0.25, 0.3) is 0 Å². The first-order valence-electron chi connectivity index (χ1n) is 8.70. The number of hydrogen-bond donors (Lipinski definition) is 2. The van der Waals surface area contributed by atoms with E-state index in [1.807, 2.05) is 0 Å². The van der Waals surface area contributed by atoms with Gasteiger partial charge in [0.1, 0.15) is 0 Å². The second kappa shape index (κ2) is 5.85. The van der Waals surface area contributed by atoms with Crippen molar-refractivity contribution in [2.45, 2.75) is 58.3 Å². The maximum atomic E-state index is 9.57. The molecule has 6 unspecified atom stereocenters. The molecule has 0 spiro atoms. The topological polar surface area (TPSA) is 40.5 Å². The normalized spacial score (nSPS) is 43.8. The van der Waals surface area contributed by atoms with Crippen molar-refractivity contribution in [3.05, 3.63) is 12.1 Å². The van der Waals surface area contributed by atoms with E-state index in [1.54, 1.807) is 0 Å². The second-order valence-corrected chi connectivity index (χ2v) is 7.41. The Hall–Kier alpha value is -0.275. The lowest BCUT2D eigenvalue weighted by Crippen LogP contribution is -2.35. The van der Waals surface area contributed by atoms with E-state index in [1.165, 1.54) is 44.9 Å². The van der Waals surface area contributed by atoms with E-state index < -0.39 is 7.12 Å². The van der Waals surface area contributed by atoms with Crippen LogP contribution in [0.4, 0.5) is 0 Å². The third-order valence-electron chi connectivity index (χ3n) is 6.76. The predicted octanol–water partition coefficient (Wildman–Crippen LogP) is 3.43. The van der Waals surface area contributed by atoms with Gasteiger partial charge in [-0.25, -0.2) is 0 Å². The Morgan fingerprint density at radius 1 is 1.00 bits per heavy atom. The quantitative estimate of drug-likeness (QED) is 0.775. The van der Waals surface area contributed by atoms with Crippen LogP contribution in [-0.4, -0.2) is 17.2 Å². The summed E-state index contributed by atoms with van der Waals surface area (Å²) in [5, 5.41) is 19.1. The predicted molar refractivity (Wildman–Crippen MR) is 82.9 cm³/mol. The van der Waals surface area contributed by atoms with E-state index in [0.717, 1.165) is 30.1 Å². The van der Waals surface area contributed by atoms with Crippen LogP contribution in [0.3, 0.4) is 0 Å². The van der Waals surface area contributed by atoms with Gasteiger partial charge in [0.05, 0.1) is 0 Å². The van der Waals surface area contributed by atoms with Gasteiger partial charge in [0.15, 0.2) is 0 Å². The number of allylic oxidation sites excluding steroid dienone is 1. The summed E-state index contributed by atoms with van der Waals surface area (Å²) in [6.45, 7) is 6.36. The maximum Gasteiger partial charge on any atom is 0.483 e.